The first-order valence-electron chi connectivity index (χ1n) is 11.0. The van der Waals surface area contributed by atoms with Crippen LogP contribution in [0.3, 0.4) is 0 Å². The smallest absolute Gasteiger partial charge is 0.244 e. The molecule has 1 aliphatic rings. The maximum absolute atomic E-state index is 13.3. The Labute approximate surface area is 198 Å². The van der Waals surface area contributed by atoms with Crippen LogP contribution < -0.4 is 9.46 Å². The second-order valence-corrected chi connectivity index (χ2v) is 11.7. The van der Waals surface area contributed by atoms with E-state index in [1.54, 1.807) is 30.6 Å². The molecule has 0 unspecified atom stereocenters. The lowest BCUT2D eigenvalue weighted by molar-refractivity contribution is 0.0222. The van der Waals surface area contributed by atoms with Crippen LogP contribution in [0.1, 0.15) is 50.1 Å². The molecule has 1 fully saturated rings. The number of aromatic nitrogens is 2. The average Bonchev–Trinajstić information content (AvgIpc) is 3.32. The minimum absolute atomic E-state index is 0.0932. The number of hydrogen-bond donors (Lipinski definition) is 2. The topological polar surface area (TPSA) is 102 Å². The predicted molar refractivity (Wildman–Crippen MR) is 128 cm³/mol. The highest BCUT2D eigenvalue weighted by Crippen LogP contribution is 2.37. The summed E-state index contributed by atoms with van der Waals surface area (Å²) in [7, 11) is -0.686. The zero-order chi connectivity index (χ0) is 24.0. The summed E-state index contributed by atoms with van der Waals surface area (Å²) in [6.07, 6.45) is 4.05. The van der Waals surface area contributed by atoms with Crippen LogP contribution in [-0.4, -0.2) is 49.3 Å². The van der Waals surface area contributed by atoms with Crippen molar-refractivity contribution in [2.75, 3.05) is 14.2 Å². The van der Waals surface area contributed by atoms with Gasteiger partial charge >= 0.3 is 0 Å². The third kappa shape index (κ3) is 4.67. The summed E-state index contributed by atoms with van der Waals surface area (Å²) in [6.45, 7) is 5.91. The first-order valence-corrected chi connectivity index (χ1v) is 13.3. The molecule has 0 spiro atoms. The molecule has 1 aromatic carbocycles. The van der Waals surface area contributed by atoms with E-state index < -0.39 is 15.6 Å². The molecule has 0 aliphatic heterocycles. The van der Waals surface area contributed by atoms with E-state index in [4.69, 9.17) is 14.5 Å². The summed E-state index contributed by atoms with van der Waals surface area (Å²) in [5.74, 6) is 0.284. The van der Waals surface area contributed by atoms with Gasteiger partial charge in [-0.05, 0) is 64.7 Å². The van der Waals surface area contributed by atoms with Gasteiger partial charge in [-0.25, -0.2) is 18.1 Å². The Morgan fingerprint density at radius 2 is 1.91 bits per heavy atom. The number of nitrogens with zero attached hydrogens (tertiary/aromatic N) is 2. The fourth-order valence-electron chi connectivity index (χ4n) is 4.19. The maximum atomic E-state index is 13.3. The lowest BCUT2D eigenvalue weighted by Gasteiger charge is -2.26. The van der Waals surface area contributed by atoms with Gasteiger partial charge in [0.1, 0.15) is 10.6 Å². The molecule has 180 valence electrons. The van der Waals surface area contributed by atoms with Gasteiger partial charge in [-0.2, -0.15) is 0 Å². The van der Waals surface area contributed by atoms with Gasteiger partial charge in [0.05, 0.1) is 35.1 Å². The lowest BCUT2D eigenvalue weighted by Crippen LogP contribution is -2.38. The maximum Gasteiger partial charge on any atom is 0.244 e. The summed E-state index contributed by atoms with van der Waals surface area (Å²) in [5, 5.41) is 9.73. The van der Waals surface area contributed by atoms with Crippen LogP contribution in [0.25, 0.3) is 16.2 Å². The standard InChI is InChI=1S/C23H31N3O5S2/c1-14-21(26-13-20(23(2,3)31-5)32-22(26)24-14)15-6-11-18(30-4)19(12-15)33(28,29)25-16-7-9-17(27)10-8-16/h6,11-13,16-17,25,27H,7-10H2,1-5H3/t16-,17+. The molecule has 1 aliphatic carbocycles. The molecule has 8 nitrogen and oxygen atoms in total. The van der Waals surface area contributed by atoms with Gasteiger partial charge in [-0.3, -0.25) is 4.40 Å². The summed E-state index contributed by atoms with van der Waals surface area (Å²) in [6, 6.07) is 4.98. The molecule has 0 amide bonds. The van der Waals surface area contributed by atoms with Crippen LogP contribution in [0.5, 0.6) is 5.75 Å². The number of fused-ring (bicyclic) bond motifs is 1. The van der Waals surface area contributed by atoms with Crippen LogP contribution in [0.15, 0.2) is 29.3 Å². The van der Waals surface area contributed by atoms with Gasteiger partial charge in [0, 0.05) is 24.9 Å². The van der Waals surface area contributed by atoms with E-state index in [-0.39, 0.29) is 22.8 Å². The lowest BCUT2D eigenvalue weighted by atomic mass is 9.94. The average molecular weight is 494 g/mol. The molecule has 2 N–H and O–H groups in total. The highest BCUT2D eigenvalue weighted by Gasteiger charge is 2.29. The minimum Gasteiger partial charge on any atom is -0.495 e. The van der Waals surface area contributed by atoms with Crippen LogP contribution in [0.2, 0.25) is 0 Å². The number of nitrogens with one attached hydrogen (secondary N) is 1. The molecule has 0 atom stereocenters. The second-order valence-electron chi connectivity index (χ2n) is 9.00. The molecule has 2 heterocycles. The monoisotopic (exact) mass is 493 g/mol. The van der Waals surface area contributed by atoms with E-state index in [0.29, 0.717) is 25.7 Å². The van der Waals surface area contributed by atoms with Crippen LogP contribution in [-0.2, 0) is 20.4 Å². The van der Waals surface area contributed by atoms with E-state index >= 15 is 0 Å². The van der Waals surface area contributed by atoms with E-state index in [0.717, 1.165) is 26.8 Å². The zero-order valence-electron chi connectivity index (χ0n) is 19.6. The predicted octanol–water partition coefficient (Wildman–Crippen LogP) is 3.84. The number of imidazole rings is 1. The third-order valence-corrected chi connectivity index (χ3v) is 9.18. The Morgan fingerprint density at radius 3 is 2.55 bits per heavy atom. The fourth-order valence-corrected chi connectivity index (χ4v) is 6.80. The normalized spacial score (nSPS) is 19.8. The fraction of sp³-hybridized carbons (Fsp3) is 0.522. The third-order valence-electron chi connectivity index (χ3n) is 6.35. The van der Waals surface area contributed by atoms with Crippen LogP contribution in [0, 0.1) is 6.92 Å². The Kier molecular flexibility index (Phi) is 6.58. The summed E-state index contributed by atoms with van der Waals surface area (Å²) in [5.41, 5.74) is 1.92. The van der Waals surface area contributed by atoms with Crippen molar-refractivity contribution in [3.05, 3.63) is 35.0 Å². The quantitative estimate of drug-likeness (QED) is 0.518. The van der Waals surface area contributed by atoms with E-state index in [9.17, 15) is 13.5 Å². The van der Waals surface area contributed by atoms with E-state index in [2.05, 4.69) is 4.72 Å². The van der Waals surface area contributed by atoms with E-state index in [1.807, 2.05) is 37.4 Å². The van der Waals surface area contributed by atoms with Gasteiger partial charge < -0.3 is 14.6 Å². The van der Waals surface area contributed by atoms with Crippen LogP contribution in [0.4, 0.5) is 0 Å². The molecule has 0 saturated heterocycles. The van der Waals surface area contributed by atoms with E-state index in [1.165, 1.54) is 7.11 Å². The molecular formula is C23H31N3O5S2. The van der Waals surface area contributed by atoms with Gasteiger partial charge in [-0.15, -0.1) is 0 Å². The molecule has 4 rings (SSSR count). The zero-order valence-corrected chi connectivity index (χ0v) is 21.2. The Bertz CT molecular complexity index is 1250. The Hall–Kier alpha value is -1.98. The first kappa shape index (κ1) is 24.2. The SMILES string of the molecule is COc1ccc(-c2c(C)nc3sc(C(C)(C)OC)cn23)cc1S(=O)(=O)N[C@H]1CC[C@@H](O)CC1. The van der Waals surface area contributed by atoms with Crippen molar-refractivity contribution in [1.29, 1.82) is 0 Å². The highest BCUT2D eigenvalue weighted by atomic mass is 32.2. The number of aliphatic hydroxyl groups is 1. The summed E-state index contributed by atoms with van der Waals surface area (Å²) >= 11 is 1.55. The number of benzene rings is 1. The molecular weight excluding hydrogens is 462 g/mol. The number of aliphatic hydroxyl groups excluding tert-OH is 1. The van der Waals surface area contributed by atoms with Crippen molar-refractivity contribution < 1.29 is 23.0 Å². The minimum atomic E-state index is -3.83. The number of sulfonamides is 1. The van der Waals surface area contributed by atoms with Gasteiger partial charge in [0.15, 0.2) is 4.96 Å². The number of aryl methyl sites for hydroxylation is 1. The number of hydrogen-bond acceptors (Lipinski definition) is 7. The molecule has 0 bridgehead atoms. The van der Waals surface area contributed by atoms with Crippen molar-refractivity contribution in [1.82, 2.24) is 14.1 Å². The Balaban J connectivity index is 1.75. The van der Waals surface area contributed by atoms with Crippen molar-refractivity contribution in [2.24, 2.45) is 0 Å². The second kappa shape index (κ2) is 8.99. The number of rotatable bonds is 7. The first-order chi connectivity index (χ1) is 15.6. The molecule has 10 heteroatoms. The summed E-state index contributed by atoms with van der Waals surface area (Å²) < 4.78 is 42.4. The number of methoxy groups -OCH3 is 2. The van der Waals surface area contributed by atoms with Crippen molar-refractivity contribution in [3.63, 3.8) is 0 Å². The van der Waals surface area contributed by atoms with Crippen LogP contribution >= 0.6 is 11.3 Å². The highest BCUT2D eigenvalue weighted by molar-refractivity contribution is 7.89. The van der Waals surface area contributed by atoms with Gasteiger partial charge in [0.25, 0.3) is 0 Å². The molecule has 33 heavy (non-hydrogen) atoms. The van der Waals surface area contributed by atoms with Gasteiger partial charge in [0.2, 0.25) is 10.0 Å². The molecule has 0 radical (unpaired) electrons. The van der Waals surface area contributed by atoms with Crippen molar-refractivity contribution in [2.45, 2.75) is 69.1 Å². The largest absolute Gasteiger partial charge is 0.495 e. The van der Waals surface area contributed by atoms with Gasteiger partial charge in [-0.1, -0.05) is 11.3 Å². The molecule has 3 aromatic rings. The number of ether oxygens (including phenoxy) is 2. The molecule has 1 saturated carbocycles. The summed E-state index contributed by atoms with van der Waals surface area (Å²) in [4.78, 5) is 6.64. The van der Waals surface area contributed by atoms with Crippen molar-refractivity contribution in [3.8, 4) is 17.0 Å². The number of thiazole rings is 1. The van der Waals surface area contributed by atoms with Crippen molar-refractivity contribution >= 4 is 26.3 Å². The molecule has 2 aromatic heterocycles. The Morgan fingerprint density at radius 1 is 1.21 bits per heavy atom.